The lowest BCUT2D eigenvalue weighted by Gasteiger charge is -2.26. The third kappa shape index (κ3) is 7.76. The van der Waals surface area contributed by atoms with Crippen molar-refractivity contribution in [2.24, 2.45) is 5.92 Å². The van der Waals surface area contributed by atoms with Crippen molar-refractivity contribution in [3.05, 3.63) is 59.0 Å². The molecule has 1 N–H and O–H groups in total. The Hall–Kier alpha value is -1.97. The summed E-state index contributed by atoms with van der Waals surface area (Å²) in [7, 11) is 0. The number of thiocarbonyl (C=S) groups is 1. The number of benzene rings is 2. The molecule has 0 bridgehead atoms. The molecule has 36 heavy (non-hydrogen) atoms. The summed E-state index contributed by atoms with van der Waals surface area (Å²) in [4.78, 5) is 27.2. The third-order valence-corrected chi connectivity index (χ3v) is 6.71. The van der Waals surface area contributed by atoms with Crippen LogP contribution in [-0.4, -0.2) is 32.8 Å². The molecule has 2 aromatic carbocycles. The molecular formula is C25H25Cl3N2O4S2. The lowest BCUT2D eigenvalue weighted by Crippen LogP contribution is -2.48. The molecule has 1 aliphatic rings. The van der Waals surface area contributed by atoms with Crippen LogP contribution < -0.4 is 19.7 Å². The quantitative estimate of drug-likeness (QED) is 0.152. The predicted molar refractivity (Wildman–Crippen MR) is 152 cm³/mol. The minimum absolute atomic E-state index is 0.141. The van der Waals surface area contributed by atoms with Crippen LogP contribution in [0.5, 0.6) is 11.5 Å². The van der Waals surface area contributed by atoms with Crippen molar-refractivity contribution in [1.82, 2.24) is 5.32 Å². The van der Waals surface area contributed by atoms with Gasteiger partial charge in [-0.25, -0.2) is 0 Å². The molecule has 0 saturated carbocycles. The topological polar surface area (TPSA) is 67.9 Å². The SMILES string of the molecule is CCOc1ccc(N2C(=O)/C(=C/c3ccc(OC(NC(=O)CC(C)C)C(Cl)(Cl)Cl)cc3)SC2=S)cc1. The standard InChI is InChI=1S/C25H25Cl3N2O4S2/c1-4-33-18-11-7-17(8-12-18)30-22(32)20(36-24(30)35)14-16-5-9-19(10-6-16)34-23(25(26,27)28)29-21(31)13-15(2)3/h5-12,14-15,23H,4,13H2,1-3H3,(H,29,31)/b20-14-. The lowest BCUT2D eigenvalue weighted by atomic mass is 10.1. The third-order valence-electron chi connectivity index (χ3n) is 4.81. The molecule has 0 spiro atoms. The lowest BCUT2D eigenvalue weighted by molar-refractivity contribution is -0.124. The van der Waals surface area contributed by atoms with Crippen LogP contribution in [-0.2, 0) is 9.59 Å². The van der Waals surface area contributed by atoms with Gasteiger partial charge in [-0.1, -0.05) is 84.8 Å². The Morgan fingerprint density at radius 3 is 2.28 bits per heavy atom. The zero-order chi connectivity index (χ0) is 26.5. The van der Waals surface area contributed by atoms with Gasteiger partial charge in [0.15, 0.2) is 4.32 Å². The first-order valence-electron chi connectivity index (χ1n) is 11.1. The van der Waals surface area contributed by atoms with Crippen LogP contribution >= 0.6 is 58.8 Å². The van der Waals surface area contributed by atoms with E-state index in [9.17, 15) is 9.59 Å². The van der Waals surface area contributed by atoms with Crippen LogP contribution in [0.1, 0.15) is 32.8 Å². The van der Waals surface area contributed by atoms with Gasteiger partial charge in [-0.2, -0.15) is 0 Å². The van der Waals surface area contributed by atoms with E-state index in [4.69, 9.17) is 56.5 Å². The summed E-state index contributed by atoms with van der Waals surface area (Å²) in [5, 5.41) is 2.61. The van der Waals surface area contributed by atoms with E-state index in [1.165, 1.54) is 16.7 Å². The Balaban J connectivity index is 1.71. The zero-order valence-corrected chi connectivity index (χ0v) is 23.7. The van der Waals surface area contributed by atoms with E-state index in [0.29, 0.717) is 27.3 Å². The highest BCUT2D eigenvalue weighted by Crippen LogP contribution is 2.37. The van der Waals surface area contributed by atoms with Crippen LogP contribution in [0.2, 0.25) is 0 Å². The second-order valence-electron chi connectivity index (χ2n) is 8.22. The monoisotopic (exact) mass is 586 g/mol. The molecule has 6 nitrogen and oxygen atoms in total. The van der Waals surface area contributed by atoms with Crippen LogP contribution in [0.4, 0.5) is 5.69 Å². The van der Waals surface area contributed by atoms with Crippen LogP contribution in [0.15, 0.2) is 53.4 Å². The highest BCUT2D eigenvalue weighted by molar-refractivity contribution is 8.27. The molecule has 0 aliphatic carbocycles. The van der Waals surface area contributed by atoms with Gasteiger partial charge in [-0.05, 0) is 60.9 Å². The number of hydrogen-bond donors (Lipinski definition) is 1. The number of halogens is 3. The number of hydrogen-bond acceptors (Lipinski definition) is 6. The summed E-state index contributed by atoms with van der Waals surface area (Å²) in [6.07, 6.45) is 0.841. The maximum atomic E-state index is 13.0. The van der Waals surface area contributed by atoms with Gasteiger partial charge in [0.2, 0.25) is 15.9 Å². The number of rotatable bonds is 9. The number of carbonyl (C=O) groups excluding carboxylic acids is 2. The molecule has 0 radical (unpaired) electrons. The first kappa shape index (κ1) is 28.6. The second kappa shape index (κ2) is 12.5. The van der Waals surface area contributed by atoms with Gasteiger partial charge < -0.3 is 14.8 Å². The van der Waals surface area contributed by atoms with Crippen LogP contribution in [0.25, 0.3) is 6.08 Å². The molecular weight excluding hydrogens is 563 g/mol. The van der Waals surface area contributed by atoms with Gasteiger partial charge in [0.1, 0.15) is 11.5 Å². The average Bonchev–Trinajstić information content (AvgIpc) is 3.07. The average molecular weight is 588 g/mol. The number of anilines is 1. The molecule has 0 aromatic heterocycles. The number of nitrogens with zero attached hydrogens (tertiary/aromatic N) is 1. The summed E-state index contributed by atoms with van der Waals surface area (Å²) in [6, 6.07) is 14.0. The molecule has 11 heteroatoms. The van der Waals surface area contributed by atoms with E-state index in [2.05, 4.69) is 5.32 Å². The minimum atomic E-state index is -1.87. The number of thioether (sulfide) groups is 1. The van der Waals surface area contributed by atoms with Crippen molar-refractivity contribution < 1.29 is 19.1 Å². The summed E-state index contributed by atoms with van der Waals surface area (Å²) in [5.74, 6) is 0.755. The van der Waals surface area contributed by atoms with Crippen LogP contribution in [0, 0.1) is 5.92 Å². The summed E-state index contributed by atoms with van der Waals surface area (Å²) < 4.78 is 9.76. The molecule has 1 unspecified atom stereocenters. The second-order valence-corrected chi connectivity index (χ2v) is 12.3. The first-order valence-corrected chi connectivity index (χ1v) is 13.5. The van der Waals surface area contributed by atoms with Crippen molar-refractivity contribution in [2.45, 2.75) is 37.2 Å². The number of ether oxygens (including phenoxy) is 2. The highest BCUT2D eigenvalue weighted by Gasteiger charge is 2.36. The molecule has 192 valence electrons. The van der Waals surface area contributed by atoms with E-state index < -0.39 is 10.0 Å². The van der Waals surface area contributed by atoms with Crippen molar-refractivity contribution in [3.8, 4) is 11.5 Å². The van der Waals surface area contributed by atoms with E-state index in [1.54, 1.807) is 54.6 Å². The smallest absolute Gasteiger partial charge is 0.270 e. The van der Waals surface area contributed by atoms with Crippen molar-refractivity contribution in [3.63, 3.8) is 0 Å². The molecule has 1 saturated heterocycles. The number of carbonyl (C=O) groups is 2. The number of alkyl halides is 3. The zero-order valence-electron chi connectivity index (χ0n) is 19.8. The normalized spacial score (nSPS) is 16.0. The fourth-order valence-corrected chi connectivity index (χ4v) is 4.83. The van der Waals surface area contributed by atoms with Gasteiger partial charge in [0.05, 0.1) is 17.2 Å². The fourth-order valence-electron chi connectivity index (χ4n) is 3.23. The first-order chi connectivity index (χ1) is 17.0. The fraction of sp³-hybridized carbons (Fsp3) is 0.320. The molecule has 3 rings (SSSR count). The Bertz CT molecular complexity index is 1130. The largest absolute Gasteiger partial charge is 0.494 e. The highest BCUT2D eigenvalue weighted by atomic mass is 35.6. The van der Waals surface area contributed by atoms with Gasteiger partial charge in [0.25, 0.3) is 5.91 Å². The Kier molecular flexibility index (Phi) is 9.94. The molecule has 2 amide bonds. The van der Waals surface area contributed by atoms with Crippen molar-refractivity contribution in [2.75, 3.05) is 11.5 Å². The Labute approximate surface area is 235 Å². The van der Waals surface area contributed by atoms with E-state index in [-0.39, 0.29) is 24.2 Å². The van der Waals surface area contributed by atoms with Crippen LogP contribution in [0.3, 0.4) is 0 Å². The summed E-state index contributed by atoms with van der Waals surface area (Å²) >= 11 is 24.7. The molecule has 1 heterocycles. The van der Waals surface area contributed by atoms with Gasteiger partial charge >= 0.3 is 0 Å². The maximum Gasteiger partial charge on any atom is 0.270 e. The van der Waals surface area contributed by atoms with E-state index in [0.717, 1.165) is 11.3 Å². The molecule has 1 aliphatic heterocycles. The Morgan fingerprint density at radius 1 is 1.11 bits per heavy atom. The molecule has 1 atom stereocenters. The minimum Gasteiger partial charge on any atom is -0.494 e. The van der Waals surface area contributed by atoms with Crippen molar-refractivity contribution >= 4 is 86.7 Å². The van der Waals surface area contributed by atoms with E-state index in [1.807, 2.05) is 20.8 Å². The molecule has 1 fully saturated rings. The number of amides is 2. The van der Waals surface area contributed by atoms with Gasteiger partial charge in [-0.15, -0.1) is 0 Å². The Morgan fingerprint density at radius 2 is 1.72 bits per heavy atom. The van der Waals surface area contributed by atoms with E-state index >= 15 is 0 Å². The molecule has 2 aromatic rings. The summed E-state index contributed by atoms with van der Waals surface area (Å²) in [5.41, 5.74) is 1.43. The van der Waals surface area contributed by atoms with Crippen molar-refractivity contribution in [1.29, 1.82) is 0 Å². The van der Waals surface area contributed by atoms with Gasteiger partial charge in [0, 0.05) is 6.42 Å². The maximum absolute atomic E-state index is 13.0. The summed E-state index contributed by atoms with van der Waals surface area (Å²) in [6.45, 7) is 6.29. The van der Waals surface area contributed by atoms with Gasteiger partial charge in [-0.3, -0.25) is 14.5 Å². The number of nitrogens with one attached hydrogen (secondary N) is 1. The predicted octanol–water partition coefficient (Wildman–Crippen LogP) is 6.73.